The minimum absolute atomic E-state index is 0.0151. The fourth-order valence-corrected chi connectivity index (χ4v) is 6.55. The number of fused-ring (bicyclic) bond motifs is 5. The Balaban J connectivity index is 1.19. The van der Waals surface area contributed by atoms with Crippen LogP contribution in [0.3, 0.4) is 0 Å². The summed E-state index contributed by atoms with van der Waals surface area (Å²) in [5.74, 6) is 2.10. The number of aromatic nitrogens is 3. The van der Waals surface area contributed by atoms with Crippen LogP contribution in [-0.4, -0.2) is 15.0 Å². The highest BCUT2D eigenvalue weighted by Crippen LogP contribution is 2.37. The number of hydrogen-bond acceptors (Lipinski definition) is 4. The summed E-state index contributed by atoms with van der Waals surface area (Å²) in [5, 5.41) is 4.42. The topological polar surface area (TPSA) is 51.8 Å². The Labute approximate surface area is 260 Å². The number of rotatable bonds is 4. The van der Waals surface area contributed by atoms with E-state index < -0.39 is 0 Å². The largest absolute Gasteiger partial charge is 0.456 e. The third-order valence-electron chi connectivity index (χ3n) is 8.84. The predicted molar refractivity (Wildman–Crippen MR) is 183 cm³/mol. The molecule has 1 unspecified atom stereocenters. The first-order valence-electron chi connectivity index (χ1n) is 15.3. The molecule has 1 aliphatic carbocycles. The van der Waals surface area contributed by atoms with Crippen molar-refractivity contribution in [3.05, 3.63) is 156 Å². The van der Waals surface area contributed by atoms with Crippen molar-refractivity contribution in [2.45, 2.75) is 12.3 Å². The lowest BCUT2D eigenvalue weighted by Gasteiger charge is -2.20. The van der Waals surface area contributed by atoms with Crippen molar-refractivity contribution in [2.24, 2.45) is 0 Å². The monoisotopic (exact) mass is 577 g/mol. The standard InChI is InChI=1S/C41H27N3O/c1-2-9-26(10-3-1)29-18-19-31-25-33(22-20-30(31)23-29)40-42-39(32-21-17-27-11-4-5-12-28(27)24-32)43-41(44-40)35-14-8-16-37-38(35)34-13-6-7-15-36(34)45-37/h1-24,33H,25H2. The van der Waals surface area contributed by atoms with Crippen LogP contribution in [0, 0.1) is 0 Å². The van der Waals surface area contributed by atoms with E-state index in [1.807, 2.05) is 30.3 Å². The number of allylic oxidation sites excluding steroid dienone is 1. The fourth-order valence-electron chi connectivity index (χ4n) is 6.55. The second kappa shape index (κ2) is 10.4. The van der Waals surface area contributed by atoms with Gasteiger partial charge in [-0.2, -0.15) is 0 Å². The molecular formula is C41H27N3O. The Morgan fingerprint density at radius 1 is 0.556 bits per heavy atom. The smallest absolute Gasteiger partial charge is 0.164 e. The van der Waals surface area contributed by atoms with Crippen molar-refractivity contribution < 1.29 is 4.42 Å². The summed E-state index contributed by atoms with van der Waals surface area (Å²) in [7, 11) is 0. The Morgan fingerprint density at radius 3 is 2.27 bits per heavy atom. The molecule has 1 atom stereocenters. The molecule has 45 heavy (non-hydrogen) atoms. The Morgan fingerprint density at radius 2 is 1.33 bits per heavy atom. The van der Waals surface area contributed by atoms with Gasteiger partial charge in [-0.05, 0) is 63.7 Å². The molecule has 4 heteroatoms. The van der Waals surface area contributed by atoms with Gasteiger partial charge in [-0.1, -0.05) is 121 Å². The van der Waals surface area contributed by atoms with Crippen molar-refractivity contribution in [1.82, 2.24) is 15.0 Å². The van der Waals surface area contributed by atoms with Gasteiger partial charge >= 0.3 is 0 Å². The van der Waals surface area contributed by atoms with Crippen molar-refractivity contribution >= 4 is 38.8 Å². The first-order chi connectivity index (χ1) is 22.3. The zero-order valence-corrected chi connectivity index (χ0v) is 24.4. The van der Waals surface area contributed by atoms with Gasteiger partial charge in [-0.25, -0.2) is 15.0 Å². The highest BCUT2D eigenvalue weighted by Gasteiger charge is 2.23. The second-order valence-electron chi connectivity index (χ2n) is 11.6. The van der Waals surface area contributed by atoms with Crippen LogP contribution >= 0.6 is 0 Å². The normalized spacial score (nSPS) is 14.3. The van der Waals surface area contributed by atoms with E-state index in [1.165, 1.54) is 27.6 Å². The van der Waals surface area contributed by atoms with Crippen molar-refractivity contribution in [1.29, 1.82) is 0 Å². The van der Waals surface area contributed by atoms with E-state index in [2.05, 4.69) is 115 Å². The van der Waals surface area contributed by atoms with Gasteiger partial charge in [0.15, 0.2) is 11.6 Å². The maximum atomic E-state index is 6.22. The third kappa shape index (κ3) is 4.50. The molecule has 212 valence electrons. The second-order valence-corrected chi connectivity index (χ2v) is 11.6. The van der Waals surface area contributed by atoms with Crippen LogP contribution < -0.4 is 0 Å². The van der Waals surface area contributed by atoms with Crippen molar-refractivity contribution in [3.8, 4) is 33.9 Å². The quantitative estimate of drug-likeness (QED) is 0.209. The van der Waals surface area contributed by atoms with E-state index in [0.717, 1.165) is 50.7 Å². The maximum absolute atomic E-state index is 6.22. The summed E-state index contributed by atoms with van der Waals surface area (Å²) in [5.41, 5.74) is 8.56. The van der Waals surface area contributed by atoms with Gasteiger partial charge in [0.1, 0.15) is 17.0 Å². The van der Waals surface area contributed by atoms with Crippen LogP contribution in [0.25, 0.3) is 72.7 Å². The molecule has 6 aromatic carbocycles. The van der Waals surface area contributed by atoms with Crippen LogP contribution in [0.4, 0.5) is 0 Å². The maximum Gasteiger partial charge on any atom is 0.164 e. The van der Waals surface area contributed by atoms with Gasteiger partial charge in [0.2, 0.25) is 0 Å². The summed E-state index contributed by atoms with van der Waals surface area (Å²) in [6.45, 7) is 0. The minimum atomic E-state index is 0.0151. The third-order valence-corrected chi connectivity index (χ3v) is 8.84. The average molecular weight is 578 g/mol. The van der Waals surface area contributed by atoms with Gasteiger partial charge in [-0.15, -0.1) is 0 Å². The van der Waals surface area contributed by atoms with Crippen LogP contribution in [0.15, 0.2) is 144 Å². The molecule has 0 fully saturated rings. The highest BCUT2D eigenvalue weighted by atomic mass is 16.3. The van der Waals surface area contributed by atoms with Crippen molar-refractivity contribution in [3.63, 3.8) is 0 Å². The van der Waals surface area contributed by atoms with Gasteiger partial charge in [0.25, 0.3) is 0 Å². The Kier molecular flexibility index (Phi) is 5.91. The van der Waals surface area contributed by atoms with E-state index >= 15 is 0 Å². The molecule has 0 N–H and O–H groups in total. The SMILES string of the molecule is C1=CC(c2nc(-c3ccc4ccccc4c3)nc(-c3cccc4oc5ccccc5c34)n2)Cc2ccc(-c3ccccc3)cc21. The molecule has 0 spiro atoms. The molecule has 0 saturated heterocycles. The molecule has 0 saturated carbocycles. The predicted octanol–water partition coefficient (Wildman–Crippen LogP) is 10.3. The molecular weight excluding hydrogens is 550 g/mol. The summed E-state index contributed by atoms with van der Waals surface area (Å²) < 4.78 is 6.22. The average Bonchev–Trinajstić information content (AvgIpc) is 3.50. The molecule has 2 heterocycles. The molecule has 0 amide bonds. The number of furan rings is 1. The van der Waals surface area contributed by atoms with E-state index in [-0.39, 0.29) is 5.92 Å². The summed E-state index contributed by atoms with van der Waals surface area (Å²) in [4.78, 5) is 15.4. The number of hydrogen-bond donors (Lipinski definition) is 0. The molecule has 1 aliphatic rings. The van der Waals surface area contributed by atoms with E-state index in [0.29, 0.717) is 11.6 Å². The molecule has 4 nitrogen and oxygen atoms in total. The zero-order valence-electron chi connectivity index (χ0n) is 24.4. The van der Waals surface area contributed by atoms with Crippen LogP contribution in [0.5, 0.6) is 0 Å². The van der Waals surface area contributed by atoms with Crippen molar-refractivity contribution in [2.75, 3.05) is 0 Å². The van der Waals surface area contributed by atoms with Gasteiger partial charge in [0.05, 0.1) is 0 Å². The first kappa shape index (κ1) is 25.6. The Hall–Kier alpha value is -5.87. The van der Waals surface area contributed by atoms with Gasteiger partial charge < -0.3 is 4.42 Å². The van der Waals surface area contributed by atoms with E-state index in [9.17, 15) is 0 Å². The molecule has 2 aromatic heterocycles. The molecule has 9 rings (SSSR count). The lowest BCUT2D eigenvalue weighted by molar-refractivity contribution is 0.669. The molecule has 0 aliphatic heterocycles. The number of para-hydroxylation sites is 1. The minimum Gasteiger partial charge on any atom is -0.456 e. The van der Waals surface area contributed by atoms with E-state index in [1.54, 1.807) is 0 Å². The van der Waals surface area contributed by atoms with Gasteiger partial charge in [0, 0.05) is 27.8 Å². The number of benzene rings is 6. The number of nitrogens with zero attached hydrogens (tertiary/aromatic N) is 3. The summed E-state index contributed by atoms with van der Waals surface area (Å²) in [6.07, 6.45) is 5.29. The van der Waals surface area contributed by atoms with Crippen LogP contribution in [0.2, 0.25) is 0 Å². The van der Waals surface area contributed by atoms with E-state index in [4.69, 9.17) is 19.4 Å². The van der Waals surface area contributed by atoms with Crippen LogP contribution in [-0.2, 0) is 6.42 Å². The fraction of sp³-hybridized carbons (Fsp3) is 0.0488. The molecule has 0 radical (unpaired) electrons. The Bertz CT molecular complexity index is 2420. The molecule has 0 bridgehead atoms. The van der Waals surface area contributed by atoms with Gasteiger partial charge in [-0.3, -0.25) is 0 Å². The zero-order chi connectivity index (χ0) is 29.7. The molecule has 8 aromatic rings. The summed E-state index contributed by atoms with van der Waals surface area (Å²) in [6, 6.07) is 46.3. The lowest BCUT2D eigenvalue weighted by atomic mass is 9.87. The van der Waals surface area contributed by atoms with Crippen LogP contribution in [0.1, 0.15) is 22.9 Å². The summed E-state index contributed by atoms with van der Waals surface area (Å²) >= 11 is 0. The first-order valence-corrected chi connectivity index (χ1v) is 15.3. The lowest BCUT2D eigenvalue weighted by Crippen LogP contribution is -2.12. The highest BCUT2D eigenvalue weighted by molar-refractivity contribution is 6.11.